The van der Waals surface area contributed by atoms with E-state index in [9.17, 15) is 4.79 Å². The van der Waals surface area contributed by atoms with Crippen molar-refractivity contribution in [3.8, 4) is 0 Å². The molecule has 5 heteroatoms. The van der Waals surface area contributed by atoms with Gasteiger partial charge in [-0.25, -0.2) is 4.79 Å². The van der Waals surface area contributed by atoms with Crippen LogP contribution >= 0.6 is 0 Å². The molecular formula is C25H30N4O. The van der Waals surface area contributed by atoms with Crippen molar-refractivity contribution in [3.63, 3.8) is 0 Å². The Morgan fingerprint density at radius 2 is 2.07 bits per heavy atom. The van der Waals surface area contributed by atoms with E-state index in [-0.39, 0.29) is 12.1 Å². The fraction of sp³-hybridized carbons (Fsp3) is 0.360. The first-order chi connectivity index (χ1) is 14.6. The molecule has 3 heterocycles. The molecular weight excluding hydrogens is 372 g/mol. The predicted molar refractivity (Wildman–Crippen MR) is 124 cm³/mol. The van der Waals surface area contributed by atoms with Crippen molar-refractivity contribution < 1.29 is 4.79 Å². The summed E-state index contributed by atoms with van der Waals surface area (Å²) in [6.45, 7) is 7.97. The average molecular weight is 403 g/mol. The molecule has 2 unspecified atom stereocenters. The zero-order valence-corrected chi connectivity index (χ0v) is 18.0. The molecule has 1 N–H and O–H groups in total. The molecule has 0 spiro atoms. The molecule has 2 amide bonds. The highest BCUT2D eigenvalue weighted by Crippen LogP contribution is 2.33. The number of hydrogen-bond donors (Lipinski definition) is 1. The molecule has 2 aromatic heterocycles. The zero-order valence-electron chi connectivity index (χ0n) is 18.0. The number of nitrogens with one attached hydrogen (secondary N) is 1. The number of rotatable bonds is 4. The number of likely N-dealkylation sites (tertiary alicyclic amines) is 1. The fourth-order valence-corrected chi connectivity index (χ4v) is 4.30. The van der Waals surface area contributed by atoms with Crippen LogP contribution in [0.2, 0.25) is 0 Å². The molecule has 156 valence electrons. The highest BCUT2D eigenvalue weighted by molar-refractivity contribution is 5.90. The molecule has 30 heavy (non-hydrogen) atoms. The molecule has 0 bridgehead atoms. The Labute approximate surface area is 178 Å². The number of piperidine rings is 1. The van der Waals surface area contributed by atoms with Gasteiger partial charge < -0.3 is 14.8 Å². The number of carbonyl (C=O) groups is 1. The lowest BCUT2D eigenvalue weighted by molar-refractivity contribution is 0.151. The Bertz CT molecular complexity index is 1050. The third-order valence-electron chi connectivity index (χ3n) is 6.10. The number of aromatic nitrogens is 2. The molecule has 1 aliphatic rings. The normalized spacial score (nSPS) is 19.5. The van der Waals surface area contributed by atoms with E-state index in [4.69, 9.17) is 0 Å². The van der Waals surface area contributed by atoms with Gasteiger partial charge in [0.1, 0.15) is 0 Å². The standard InChI is InChI=1S/C25H30N4O/c1-4-5-11-22-19(3)26-16-20-13-15-29(24(20)22)23-17-28(14-12-18(23)2)25(30)27-21-9-7-6-8-10-21/h5-11,13,15-16,18,23H,4,12,14,17H2,1-3H3,(H,27,30)/b11-5-. The minimum absolute atomic E-state index is 0.0292. The van der Waals surface area contributed by atoms with Gasteiger partial charge in [-0.05, 0) is 43.9 Å². The maximum Gasteiger partial charge on any atom is 0.321 e. The van der Waals surface area contributed by atoms with Crippen LogP contribution in [-0.4, -0.2) is 33.6 Å². The van der Waals surface area contributed by atoms with Crippen molar-refractivity contribution in [1.29, 1.82) is 0 Å². The minimum atomic E-state index is -0.0292. The van der Waals surface area contributed by atoms with E-state index in [1.807, 2.05) is 41.4 Å². The number of fused-ring (bicyclic) bond motifs is 1. The number of aryl methyl sites for hydroxylation is 1. The van der Waals surface area contributed by atoms with E-state index in [0.717, 1.165) is 36.2 Å². The van der Waals surface area contributed by atoms with Gasteiger partial charge in [0.15, 0.2) is 0 Å². The van der Waals surface area contributed by atoms with Crippen LogP contribution in [0.1, 0.15) is 44.0 Å². The zero-order chi connectivity index (χ0) is 21.1. The summed E-state index contributed by atoms with van der Waals surface area (Å²) < 4.78 is 2.37. The van der Waals surface area contributed by atoms with Crippen molar-refractivity contribution in [2.45, 2.75) is 39.7 Å². The average Bonchev–Trinajstić information content (AvgIpc) is 3.18. The predicted octanol–water partition coefficient (Wildman–Crippen LogP) is 5.88. The number of para-hydroxylation sites is 1. The van der Waals surface area contributed by atoms with Gasteiger partial charge >= 0.3 is 6.03 Å². The summed E-state index contributed by atoms with van der Waals surface area (Å²) in [5.74, 6) is 0.484. The maximum absolute atomic E-state index is 12.9. The lowest BCUT2D eigenvalue weighted by atomic mass is 9.93. The van der Waals surface area contributed by atoms with Crippen molar-refractivity contribution >= 4 is 28.7 Å². The lowest BCUT2D eigenvalue weighted by Gasteiger charge is -2.38. The van der Waals surface area contributed by atoms with E-state index in [1.165, 1.54) is 11.1 Å². The largest absolute Gasteiger partial charge is 0.342 e. The van der Waals surface area contributed by atoms with Gasteiger partial charge in [0, 0.05) is 47.8 Å². The summed E-state index contributed by atoms with van der Waals surface area (Å²) in [4.78, 5) is 19.4. The van der Waals surface area contributed by atoms with Crippen LogP contribution in [-0.2, 0) is 0 Å². The lowest BCUT2D eigenvalue weighted by Crippen LogP contribution is -2.45. The Balaban J connectivity index is 1.64. The molecule has 0 saturated carbocycles. The summed E-state index contributed by atoms with van der Waals surface area (Å²) in [6.07, 6.45) is 10.5. The third-order valence-corrected chi connectivity index (χ3v) is 6.10. The first kappa shape index (κ1) is 20.2. The fourth-order valence-electron chi connectivity index (χ4n) is 4.30. The van der Waals surface area contributed by atoms with Crippen LogP contribution in [0.5, 0.6) is 0 Å². The van der Waals surface area contributed by atoms with Gasteiger partial charge in [-0.1, -0.05) is 44.2 Å². The Kier molecular flexibility index (Phi) is 5.88. The highest BCUT2D eigenvalue weighted by atomic mass is 16.2. The maximum atomic E-state index is 12.9. The van der Waals surface area contributed by atoms with Crippen molar-refractivity contribution in [2.75, 3.05) is 18.4 Å². The highest BCUT2D eigenvalue weighted by Gasteiger charge is 2.31. The Morgan fingerprint density at radius 1 is 1.27 bits per heavy atom. The van der Waals surface area contributed by atoms with Gasteiger partial charge in [0.25, 0.3) is 0 Å². The number of benzene rings is 1. The number of carbonyl (C=O) groups excluding carboxylic acids is 1. The number of amides is 2. The van der Waals surface area contributed by atoms with Crippen molar-refractivity contribution in [1.82, 2.24) is 14.5 Å². The second-order valence-electron chi connectivity index (χ2n) is 8.17. The van der Waals surface area contributed by atoms with Gasteiger partial charge in [-0.15, -0.1) is 0 Å². The number of pyridine rings is 1. The SMILES string of the molecule is CC/C=C\c1c(C)ncc2ccn(C3CN(C(=O)Nc4ccccc4)CCC3C)c12. The summed E-state index contributed by atoms with van der Waals surface area (Å²) in [6, 6.07) is 12.0. The third kappa shape index (κ3) is 3.97. The summed E-state index contributed by atoms with van der Waals surface area (Å²) in [5, 5.41) is 4.18. The number of nitrogens with zero attached hydrogens (tertiary/aromatic N) is 3. The molecule has 0 aliphatic carbocycles. The Morgan fingerprint density at radius 3 is 2.83 bits per heavy atom. The molecule has 1 aromatic carbocycles. The van der Waals surface area contributed by atoms with Crippen LogP contribution in [0.4, 0.5) is 10.5 Å². The number of anilines is 1. The monoisotopic (exact) mass is 402 g/mol. The molecule has 5 nitrogen and oxygen atoms in total. The van der Waals surface area contributed by atoms with Crippen LogP contribution in [0.3, 0.4) is 0 Å². The van der Waals surface area contributed by atoms with Crippen molar-refractivity contribution in [2.24, 2.45) is 5.92 Å². The van der Waals surface area contributed by atoms with Crippen molar-refractivity contribution in [3.05, 3.63) is 66.1 Å². The summed E-state index contributed by atoms with van der Waals surface area (Å²) in [5.41, 5.74) is 4.26. The van der Waals surface area contributed by atoms with Crippen LogP contribution in [0.15, 0.2) is 54.9 Å². The molecule has 1 saturated heterocycles. The van der Waals surface area contributed by atoms with E-state index in [1.54, 1.807) is 0 Å². The van der Waals surface area contributed by atoms with Crippen LogP contribution < -0.4 is 5.32 Å². The molecule has 0 radical (unpaired) electrons. The van der Waals surface area contributed by atoms with E-state index in [0.29, 0.717) is 12.5 Å². The second kappa shape index (κ2) is 8.74. The first-order valence-corrected chi connectivity index (χ1v) is 10.8. The topological polar surface area (TPSA) is 50.2 Å². The number of allylic oxidation sites excluding steroid dienone is 1. The molecule has 2 atom stereocenters. The Hall–Kier alpha value is -3.08. The van der Waals surface area contributed by atoms with Gasteiger partial charge in [-0.3, -0.25) is 4.98 Å². The first-order valence-electron chi connectivity index (χ1n) is 10.8. The van der Waals surface area contributed by atoms with Crippen LogP contribution in [0.25, 0.3) is 17.0 Å². The quantitative estimate of drug-likeness (QED) is 0.592. The smallest absolute Gasteiger partial charge is 0.321 e. The van der Waals surface area contributed by atoms with E-state index < -0.39 is 0 Å². The molecule has 1 fully saturated rings. The van der Waals surface area contributed by atoms with E-state index in [2.05, 4.69) is 60.1 Å². The minimum Gasteiger partial charge on any atom is -0.342 e. The second-order valence-corrected chi connectivity index (χ2v) is 8.17. The number of urea groups is 1. The van der Waals surface area contributed by atoms with Gasteiger partial charge in [-0.2, -0.15) is 0 Å². The van der Waals surface area contributed by atoms with Crippen LogP contribution in [0, 0.1) is 12.8 Å². The molecule has 4 rings (SSSR count). The van der Waals surface area contributed by atoms with Gasteiger partial charge in [0.2, 0.25) is 0 Å². The number of hydrogen-bond acceptors (Lipinski definition) is 2. The molecule has 3 aromatic rings. The summed E-state index contributed by atoms with van der Waals surface area (Å²) in [7, 11) is 0. The molecule has 1 aliphatic heterocycles. The summed E-state index contributed by atoms with van der Waals surface area (Å²) >= 11 is 0. The van der Waals surface area contributed by atoms with E-state index >= 15 is 0 Å². The van der Waals surface area contributed by atoms with Gasteiger partial charge in [0.05, 0.1) is 11.6 Å².